The Morgan fingerprint density at radius 1 is 1.31 bits per heavy atom. The van der Waals surface area contributed by atoms with Crippen molar-refractivity contribution >= 4 is 33.4 Å². The number of sulfonamides is 1. The number of hydrogen-bond acceptors (Lipinski definition) is 4. The first-order chi connectivity index (χ1) is 12.3. The van der Waals surface area contributed by atoms with Crippen LogP contribution in [0.5, 0.6) is 0 Å². The third-order valence-electron chi connectivity index (χ3n) is 3.17. The second-order valence-corrected chi connectivity index (χ2v) is 7.43. The first kappa shape index (κ1) is 19.3. The number of aromatic amines is 1. The lowest BCUT2D eigenvalue weighted by atomic mass is 10.2. The van der Waals surface area contributed by atoms with Gasteiger partial charge in [-0.05, 0) is 38.5 Å². The van der Waals surface area contributed by atoms with E-state index >= 15 is 0 Å². The molecule has 136 valence electrons. The van der Waals surface area contributed by atoms with Crippen LogP contribution in [-0.2, 0) is 10.0 Å². The fourth-order valence-corrected chi connectivity index (χ4v) is 3.24. The van der Waals surface area contributed by atoms with E-state index in [-0.39, 0.29) is 16.9 Å². The van der Waals surface area contributed by atoms with Crippen LogP contribution in [-0.4, -0.2) is 26.4 Å². The molecule has 0 atom stereocenters. The summed E-state index contributed by atoms with van der Waals surface area (Å²) in [5.41, 5.74) is 2.17. The quantitative estimate of drug-likeness (QED) is 0.619. The minimum Gasteiger partial charge on any atom is -0.422 e. The van der Waals surface area contributed by atoms with Gasteiger partial charge in [-0.2, -0.15) is 0 Å². The molecule has 2 aromatic rings. The first-order valence-corrected chi connectivity index (χ1v) is 9.34. The summed E-state index contributed by atoms with van der Waals surface area (Å²) in [6, 6.07) is 10.5. The van der Waals surface area contributed by atoms with Crippen molar-refractivity contribution in [1.82, 2.24) is 4.72 Å². The zero-order valence-corrected chi connectivity index (χ0v) is 15.5. The van der Waals surface area contributed by atoms with Crippen LogP contribution in [0.2, 0.25) is 0 Å². The zero-order valence-electron chi connectivity index (χ0n) is 14.7. The first-order valence-electron chi connectivity index (χ1n) is 7.86. The summed E-state index contributed by atoms with van der Waals surface area (Å²) in [5.74, 6) is -0.257. The normalized spacial score (nSPS) is 11.8. The Labute approximate surface area is 152 Å². The van der Waals surface area contributed by atoms with Crippen LogP contribution in [0.15, 0.2) is 57.6 Å². The molecule has 1 aromatic heterocycles. The molecule has 1 heterocycles. The highest BCUT2D eigenvalue weighted by Gasteiger charge is 2.22. The van der Waals surface area contributed by atoms with E-state index < -0.39 is 10.0 Å². The minimum absolute atomic E-state index is 0.0221. The van der Waals surface area contributed by atoms with Crippen molar-refractivity contribution in [3.05, 3.63) is 53.7 Å². The molecule has 0 aliphatic carbocycles. The van der Waals surface area contributed by atoms with Gasteiger partial charge in [0.1, 0.15) is 5.96 Å². The van der Waals surface area contributed by atoms with E-state index in [2.05, 4.69) is 25.0 Å². The molecule has 0 saturated heterocycles. The van der Waals surface area contributed by atoms with Crippen molar-refractivity contribution < 1.29 is 13.4 Å². The molecule has 0 radical (unpaired) electrons. The number of nitrogens with zero attached hydrogens (tertiary/aromatic N) is 3. The fraction of sp³-hybridized carbons (Fsp3) is 0.235. The predicted octanol–water partition coefficient (Wildman–Crippen LogP) is 2.34. The van der Waals surface area contributed by atoms with Gasteiger partial charge in [0.25, 0.3) is 10.0 Å². The Bertz CT molecular complexity index is 963. The predicted molar refractivity (Wildman–Crippen MR) is 101 cm³/mol. The highest BCUT2D eigenvalue weighted by molar-refractivity contribution is 7.90. The second kappa shape index (κ2) is 8.37. The molecule has 0 bridgehead atoms. The van der Waals surface area contributed by atoms with Gasteiger partial charge in [-0.15, -0.1) is 6.01 Å². The lowest BCUT2D eigenvalue weighted by molar-refractivity contribution is -0.380. The Hall–Kier alpha value is -3.03. The van der Waals surface area contributed by atoms with E-state index in [0.717, 1.165) is 11.3 Å². The van der Waals surface area contributed by atoms with Gasteiger partial charge >= 0.3 is 0 Å². The SMILES string of the molecule is Cc1cccc(Nc2cc[nH+]cc2S(=O)(=O)NC(N=C=[N-])=NC(C)C)c1. The number of guanidine groups is 1. The van der Waals surface area contributed by atoms with Gasteiger partial charge in [0.15, 0.2) is 17.3 Å². The maximum Gasteiger partial charge on any atom is 0.270 e. The molecule has 2 rings (SSSR count). The molecule has 0 saturated carbocycles. The Balaban J connectivity index is 2.39. The smallest absolute Gasteiger partial charge is 0.270 e. The third kappa shape index (κ3) is 5.23. The van der Waals surface area contributed by atoms with Crippen molar-refractivity contribution in [2.45, 2.75) is 31.7 Å². The van der Waals surface area contributed by atoms with Gasteiger partial charge in [0.2, 0.25) is 0 Å². The molecule has 0 spiro atoms. The zero-order chi connectivity index (χ0) is 19.2. The molecule has 26 heavy (non-hydrogen) atoms. The molecular formula is C17H20N6O2S. The molecule has 0 amide bonds. The molecule has 0 aliphatic rings. The highest BCUT2D eigenvalue weighted by Crippen LogP contribution is 2.23. The van der Waals surface area contributed by atoms with Gasteiger partial charge in [0.05, 0.1) is 5.69 Å². The van der Waals surface area contributed by atoms with Crippen molar-refractivity contribution in [2.24, 2.45) is 9.98 Å². The van der Waals surface area contributed by atoms with Crippen LogP contribution in [0, 0.1) is 6.92 Å². The minimum atomic E-state index is -4.01. The van der Waals surface area contributed by atoms with E-state index in [1.165, 1.54) is 6.20 Å². The van der Waals surface area contributed by atoms with Gasteiger partial charge in [-0.25, -0.2) is 13.4 Å². The van der Waals surface area contributed by atoms with E-state index in [9.17, 15) is 8.42 Å². The number of aryl methyl sites for hydroxylation is 1. The summed E-state index contributed by atoms with van der Waals surface area (Å²) in [6.45, 7) is 5.45. The van der Waals surface area contributed by atoms with Crippen LogP contribution in [0.1, 0.15) is 19.4 Å². The van der Waals surface area contributed by atoms with Gasteiger partial charge < -0.3 is 15.7 Å². The average Bonchev–Trinajstić information content (AvgIpc) is 2.54. The van der Waals surface area contributed by atoms with Crippen LogP contribution in [0.3, 0.4) is 0 Å². The number of pyridine rings is 1. The van der Waals surface area contributed by atoms with Crippen molar-refractivity contribution in [1.29, 1.82) is 0 Å². The summed E-state index contributed by atoms with van der Waals surface area (Å²) in [5, 5.41) is 11.8. The summed E-state index contributed by atoms with van der Waals surface area (Å²) < 4.78 is 27.8. The Kier molecular flexibility index (Phi) is 6.21. The fourth-order valence-electron chi connectivity index (χ4n) is 2.16. The third-order valence-corrected chi connectivity index (χ3v) is 4.54. The molecule has 9 heteroatoms. The van der Waals surface area contributed by atoms with E-state index in [0.29, 0.717) is 5.69 Å². The molecule has 8 nitrogen and oxygen atoms in total. The summed E-state index contributed by atoms with van der Waals surface area (Å²) in [7, 11) is -4.01. The Morgan fingerprint density at radius 2 is 2.08 bits per heavy atom. The number of benzene rings is 1. The highest BCUT2D eigenvalue weighted by atomic mass is 32.2. The molecule has 1 aromatic carbocycles. The number of aromatic nitrogens is 1. The van der Waals surface area contributed by atoms with Crippen LogP contribution in [0.25, 0.3) is 5.41 Å². The van der Waals surface area contributed by atoms with Crippen molar-refractivity contribution in [3.8, 4) is 0 Å². The second-order valence-electron chi connectivity index (χ2n) is 5.78. The van der Waals surface area contributed by atoms with Gasteiger partial charge in [-0.3, -0.25) is 9.71 Å². The molecule has 0 fully saturated rings. The van der Waals surface area contributed by atoms with Crippen molar-refractivity contribution in [2.75, 3.05) is 5.32 Å². The molecule has 0 unspecified atom stereocenters. The maximum atomic E-state index is 12.8. The lowest BCUT2D eigenvalue weighted by Gasteiger charge is -2.14. The lowest BCUT2D eigenvalue weighted by Crippen LogP contribution is -2.31. The number of hydrogen-bond donors (Lipinski definition) is 2. The van der Waals surface area contributed by atoms with Crippen LogP contribution >= 0.6 is 0 Å². The molecular weight excluding hydrogens is 352 g/mol. The van der Waals surface area contributed by atoms with Gasteiger partial charge in [0, 0.05) is 17.8 Å². The number of H-pyrrole nitrogens is 1. The standard InChI is InChI=1S/C17H19N6O2S/c1-12(2)21-17(20-11-18)23-26(24,25)16-10-19-8-7-15(16)22-14-6-4-5-13(3)9-14/h4-10,12H,1-3H3,(H,19,22)(H,21,23)/q-1/p+1. The van der Waals surface area contributed by atoms with E-state index in [4.69, 9.17) is 5.41 Å². The summed E-state index contributed by atoms with van der Waals surface area (Å²) in [6.07, 6.45) is 2.96. The molecule has 0 aliphatic heterocycles. The average molecular weight is 372 g/mol. The number of rotatable bonds is 5. The Morgan fingerprint density at radius 3 is 2.73 bits per heavy atom. The maximum absolute atomic E-state index is 12.8. The van der Waals surface area contributed by atoms with Crippen LogP contribution < -0.4 is 15.0 Å². The monoisotopic (exact) mass is 372 g/mol. The topological polar surface area (TPSA) is 119 Å². The van der Waals surface area contributed by atoms with E-state index in [1.54, 1.807) is 32.1 Å². The largest absolute Gasteiger partial charge is 0.422 e. The van der Waals surface area contributed by atoms with Crippen molar-refractivity contribution in [3.63, 3.8) is 0 Å². The number of nitrogens with one attached hydrogen (secondary N) is 3. The number of aliphatic imine (C=N–C) groups is 2. The van der Waals surface area contributed by atoms with Crippen LogP contribution in [0.4, 0.5) is 11.4 Å². The van der Waals surface area contributed by atoms with E-state index in [1.807, 2.05) is 31.2 Å². The number of anilines is 2. The summed E-state index contributed by atoms with van der Waals surface area (Å²) in [4.78, 5) is 10.2. The van der Waals surface area contributed by atoms with Gasteiger partial charge in [-0.1, -0.05) is 12.1 Å². The summed E-state index contributed by atoms with van der Waals surface area (Å²) >= 11 is 0. The molecule has 3 N–H and O–H groups in total.